The van der Waals surface area contributed by atoms with Gasteiger partial charge in [-0.1, -0.05) is 11.6 Å². The van der Waals surface area contributed by atoms with Crippen LogP contribution >= 0.6 is 11.6 Å². The summed E-state index contributed by atoms with van der Waals surface area (Å²) in [5.74, 6) is 0. The molecular weight excluding hydrogens is 226 g/mol. The molecule has 1 atom stereocenters. The normalized spacial score (nSPS) is 15.1. The van der Waals surface area contributed by atoms with Crippen LogP contribution in [0.1, 0.15) is 31.9 Å². The number of aryl methyl sites for hydroxylation is 1. The van der Waals surface area contributed by atoms with E-state index in [0.717, 1.165) is 31.5 Å². The largest absolute Gasteiger partial charge is 0.389 e. The van der Waals surface area contributed by atoms with Crippen molar-refractivity contribution in [3.05, 3.63) is 16.9 Å². The Morgan fingerprint density at radius 2 is 2.25 bits per heavy atom. The Morgan fingerprint density at radius 1 is 1.56 bits per heavy atom. The first-order valence-electron chi connectivity index (χ1n) is 5.56. The fraction of sp³-hybridized carbons (Fsp3) is 0.727. The smallest absolute Gasteiger partial charge is 0.0814 e. The van der Waals surface area contributed by atoms with Gasteiger partial charge < -0.3 is 10.8 Å². The molecule has 1 unspecified atom stereocenters. The molecule has 0 saturated heterocycles. The van der Waals surface area contributed by atoms with Gasteiger partial charge >= 0.3 is 0 Å². The van der Waals surface area contributed by atoms with E-state index in [1.54, 1.807) is 13.1 Å². The average Bonchev–Trinajstić information content (AvgIpc) is 2.56. The topological polar surface area (TPSA) is 64.1 Å². The molecule has 0 radical (unpaired) electrons. The van der Waals surface area contributed by atoms with E-state index in [9.17, 15) is 5.11 Å². The number of aliphatic hydroxyl groups is 1. The molecule has 0 aromatic carbocycles. The third-order valence-electron chi connectivity index (χ3n) is 2.82. The van der Waals surface area contributed by atoms with Gasteiger partial charge in [0.1, 0.15) is 0 Å². The van der Waals surface area contributed by atoms with Crippen molar-refractivity contribution in [3.63, 3.8) is 0 Å². The SMILES string of the molecule is Cc1c(Cl)cnn1CCCCC(C)(O)CN. The summed E-state index contributed by atoms with van der Waals surface area (Å²) in [5.41, 5.74) is 5.70. The Kier molecular flexibility index (Phi) is 4.77. The summed E-state index contributed by atoms with van der Waals surface area (Å²) in [7, 11) is 0. The quantitative estimate of drug-likeness (QED) is 0.751. The molecule has 0 amide bonds. The minimum Gasteiger partial charge on any atom is -0.389 e. The highest BCUT2D eigenvalue weighted by Gasteiger charge is 2.16. The molecule has 92 valence electrons. The predicted molar refractivity (Wildman–Crippen MR) is 65.5 cm³/mol. The first-order valence-corrected chi connectivity index (χ1v) is 5.94. The zero-order valence-corrected chi connectivity index (χ0v) is 10.7. The van der Waals surface area contributed by atoms with Crippen LogP contribution < -0.4 is 5.73 Å². The fourth-order valence-electron chi connectivity index (χ4n) is 1.52. The molecule has 5 heteroatoms. The van der Waals surface area contributed by atoms with Gasteiger partial charge in [0.2, 0.25) is 0 Å². The molecule has 1 heterocycles. The molecule has 4 nitrogen and oxygen atoms in total. The minimum absolute atomic E-state index is 0.305. The molecule has 0 aliphatic rings. The van der Waals surface area contributed by atoms with Gasteiger partial charge in [0.05, 0.1) is 22.5 Å². The second kappa shape index (κ2) is 5.66. The lowest BCUT2D eigenvalue weighted by atomic mass is 9.99. The van der Waals surface area contributed by atoms with Crippen molar-refractivity contribution in [1.82, 2.24) is 9.78 Å². The zero-order chi connectivity index (χ0) is 12.2. The van der Waals surface area contributed by atoms with Gasteiger partial charge in [-0.15, -0.1) is 0 Å². The van der Waals surface area contributed by atoms with Crippen molar-refractivity contribution in [2.24, 2.45) is 5.73 Å². The number of hydrogen-bond acceptors (Lipinski definition) is 3. The standard InChI is InChI=1S/C11H20ClN3O/c1-9-10(12)7-14-15(9)6-4-3-5-11(2,16)8-13/h7,16H,3-6,8,13H2,1-2H3. The first kappa shape index (κ1) is 13.5. The van der Waals surface area contributed by atoms with Gasteiger partial charge in [-0.2, -0.15) is 5.10 Å². The monoisotopic (exact) mass is 245 g/mol. The minimum atomic E-state index is -0.739. The molecule has 0 spiro atoms. The Balaban J connectivity index is 2.29. The molecule has 0 aliphatic heterocycles. The summed E-state index contributed by atoms with van der Waals surface area (Å²) in [6.07, 6.45) is 4.28. The molecule has 1 rings (SSSR count). The first-order chi connectivity index (χ1) is 7.46. The molecule has 0 aliphatic carbocycles. The summed E-state index contributed by atoms with van der Waals surface area (Å²) in [6, 6.07) is 0. The molecule has 16 heavy (non-hydrogen) atoms. The lowest BCUT2D eigenvalue weighted by Gasteiger charge is -2.20. The maximum Gasteiger partial charge on any atom is 0.0814 e. The van der Waals surface area contributed by atoms with Crippen LogP contribution in [0.2, 0.25) is 5.02 Å². The third kappa shape index (κ3) is 3.77. The van der Waals surface area contributed by atoms with Gasteiger partial charge in [0.25, 0.3) is 0 Å². The van der Waals surface area contributed by atoms with Crippen LogP contribution in [0.25, 0.3) is 0 Å². The number of rotatable bonds is 6. The van der Waals surface area contributed by atoms with Gasteiger partial charge in [-0.05, 0) is 33.1 Å². The number of hydrogen-bond donors (Lipinski definition) is 2. The molecule has 0 bridgehead atoms. The van der Waals surface area contributed by atoms with Gasteiger partial charge in [-0.3, -0.25) is 4.68 Å². The number of halogens is 1. The van der Waals surface area contributed by atoms with E-state index in [-0.39, 0.29) is 0 Å². The molecule has 0 fully saturated rings. The van der Waals surface area contributed by atoms with E-state index in [0.29, 0.717) is 11.6 Å². The number of nitrogens with zero attached hydrogens (tertiary/aromatic N) is 2. The van der Waals surface area contributed by atoms with Crippen molar-refractivity contribution < 1.29 is 5.11 Å². The van der Waals surface area contributed by atoms with E-state index in [4.69, 9.17) is 17.3 Å². The lowest BCUT2D eigenvalue weighted by molar-refractivity contribution is 0.0569. The summed E-state index contributed by atoms with van der Waals surface area (Å²) in [5, 5.41) is 14.6. The number of aromatic nitrogens is 2. The number of unbranched alkanes of at least 4 members (excludes halogenated alkanes) is 1. The lowest BCUT2D eigenvalue weighted by Crippen LogP contribution is -2.33. The second-order valence-electron chi connectivity index (χ2n) is 4.46. The molecule has 0 saturated carbocycles. The van der Waals surface area contributed by atoms with Crippen LogP contribution in [0, 0.1) is 6.92 Å². The molecule has 1 aromatic heterocycles. The van der Waals surface area contributed by atoms with Crippen LogP contribution in [-0.2, 0) is 6.54 Å². The summed E-state index contributed by atoms with van der Waals surface area (Å²) < 4.78 is 1.89. The average molecular weight is 246 g/mol. The van der Waals surface area contributed by atoms with Crippen LogP contribution in [0.3, 0.4) is 0 Å². The fourth-order valence-corrected chi connectivity index (χ4v) is 1.66. The van der Waals surface area contributed by atoms with Crippen LogP contribution in [0.4, 0.5) is 0 Å². The molecule has 3 N–H and O–H groups in total. The van der Waals surface area contributed by atoms with Crippen molar-refractivity contribution in [3.8, 4) is 0 Å². The van der Waals surface area contributed by atoms with E-state index in [2.05, 4.69) is 5.10 Å². The second-order valence-corrected chi connectivity index (χ2v) is 4.87. The maximum atomic E-state index is 9.71. The van der Waals surface area contributed by atoms with E-state index in [1.807, 2.05) is 11.6 Å². The van der Waals surface area contributed by atoms with Crippen molar-refractivity contribution in [2.45, 2.75) is 45.3 Å². The zero-order valence-electron chi connectivity index (χ0n) is 9.91. The Bertz CT molecular complexity index is 336. The summed E-state index contributed by atoms with van der Waals surface area (Å²) in [6.45, 7) is 4.85. The highest BCUT2D eigenvalue weighted by Crippen LogP contribution is 2.16. The Labute approximate surface area is 101 Å². The number of nitrogens with two attached hydrogens (primary N) is 1. The summed E-state index contributed by atoms with van der Waals surface area (Å²) >= 11 is 5.90. The van der Waals surface area contributed by atoms with E-state index < -0.39 is 5.60 Å². The third-order valence-corrected chi connectivity index (χ3v) is 3.19. The Morgan fingerprint density at radius 3 is 2.75 bits per heavy atom. The van der Waals surface area contributed by atoms with Gasteiger partial charge in [0.15, 0.2) is 0 Å². The predicted octanol–water partition coefficient (Wildman–Crippen LogP) is 1.72. The highest BCUT2D eigenvalue weighted by molar-refractivity contribution is 6.31. The maximum absolute atomic E-state index is 9.71. The van der Waals surface area contributed by atoms with Gasteiger partial charge in [0, 0.05) is 13.1 Å². The molecular formula is C11H20ClN3O. The van der Waals surface area contributed by atoms with Crippen molar-refractivity contribution in [1.29, 1.82) is 0 Å². The van der Waals surface area contributed by atoms with E-state index in [1.165, 1.54) is 0 Å². The Hall–Kier alpha value is -0.580. The molecule has 1 aromatic rings. The van der Waals surface area contributed by atoms with Crippen LogP contribution in [-0.4, -0.2) is 27.0 Å². The summed E-state index contributed by atoms with van der Waals surface area (Å²) in [4.78, 5) is 0. The van der Waals surface area contributed by atoms with Gasteiger partial charge in [-0.25, -0.2) is 0 Å². The van der Waals surface area contributed by atoms with Crippen LogP contribution in [0.5, 0.6) is 0 Å². The highest BCUT2D eigenvalue weighted by atomic mass is 35.5. The van der Waals surface area contributed by atoms with Crippen molar-refractivity contribution >= 4 is 11.6 Å². The van der Waals surface area contributed by atoms with E-state index >= 15 is 0 Å². The van der Waals surface area contributed by atoms with Crippen LogP contribution in [0.15, 0.2) is 6.20 Å². The van der Waals surface area contributed by atoms with Crippen molar-refractivity contribution in [2.75, 3.05) is 6.54 Å².